The van der Waals surface area contributed by atoms with Crippen molar-refractivity contribution in [3.63, 3.8) is 0 Å². The highest BCUT2D eigenvalue weighted by Crippen LogP contribution is 2.42. The Bertz CT molecular complexity index is 1300. The van der Waals surface area contributed by atoms with Crippen molar-refractivity contribution in [1.82, 2.24) is 9.88 Å². The Morgan fingerprint density at radius 2 is 1.65 bits per heavy atom. The van der Waals surface area contributed by atoms with Crippen molar-refractivity contribution < 1.29 is 24.2 Å². The molecule has 1 aromatic heterocycles. The molecule has 4 rings (SSSR count). The highest BCUT2D eigenvalue weighted by Gasteiger charge is 2.46. The van der Waals surface area contributed by atoms with Gasteiger partial charge in [-0.3, -0.25) is 14.6 Å². The smallest absolute Gasteiger partial charge is 0.295 e. The number of amides is 1. The monoisotopic (exact) mass is 501 g/mol. The summed E-state index contributed by atoms with van der Waals surface area (Å²) in [6.45, 7) is 6.07. The highest BCUT2D eigenvalue weighted by atomic mass is 16.5. The number of benzene rings is 2. The van der Waals surface area contributed by atoms with Crippen LogP contribution in [0.2, 0.25) is 0 Å². The molecule has 2 heterocycles. The van der Waals surface area contributed by atoms with Gasteiger partial charge in [-0.2, -0.15) is 0 Å². The maximum Gasteiger partial charge on any atom is 0.295 e. The Morgan fingerprint density at radius 3 is 2.24 bits per heavy atom. The molecule has 2 aromatic carbocycles. The molecule has 0 spiro atoms. The topological polar surface area (TPSA) is 92.2 Å². The molecule has 1 saturated heterocycles. The van der Waals surface area contributed by atoms with Crippen molar-refractivity contribution >= 4 is 23.1 Å². The fraction of sp³-hybridized carbons (Fsp3) is 0.276. The Labute approximate surface area is 216 Å². The molecule has 192 valence electrons. The van der Waals surface area contributed by atoms with E-state index in [2.05, 4.69) is 23.7 Å². The van der Waals surface area contributed by atoms with Crippen LogP contribution >= 0.6 is 0 Å². The SMILES string of the molecule is CCN(CC)c1ccc(C2/C(=C(/O)c3ccc(OC)cc3OC)C(=O)C(=O)N2Cc2ccncc2)cc1. The Hall–Kier alpha value is -4.33. The number of Topliss-reactive ketones (excluding diaryl/α,β-unsaturated/α-hetero) is 1. The molecule has 8 heteroatoms. The van der Waals surface area contributed by atoms with E-state index in [-0.39, 0.29) is 17.9 Å². The zero-order valence-corrected chi connectivity index (χ0v) is 21.5. The van der Waals surface area contributed by atoms with Gasteiger partial charge >= 0.3 is 0 Å². The first kappa shape index (κ1) is 25.8. The molecular formula is C29H31N3O5. The van der Waals surface area contributed by atoms with Gasteiger partial charge in [0.05, 0.1) is 31.4 Å². The molecule has 0 radical (unpaired) electrons. The van der Waals surface area contributed by atoms with E-state index < -0.39 is 17.7 Å². The molecule has 0 saturated carbocycles. The predicted octanol–water partition coefficient (Wildman–Crippen LogP) is 4.57. The van der Waals surface area contributed by atoms with E-state index in [9.17, 15) is 14.7 Å². The van der Waals surface area contributed by atoms with Crippen LogP contribution in [0.1, 0.15) is 36.6 Å². The minimum atomic E-state index is -0.786. The van der Waals surface area contributed by atoms with Crippen LogP contribution < -0.4 is 14.4 Å². The van der Waals surface area contributed by atoms with Gasteiger partial charge in [0.25, 0.3) is 11.7 Å². The number of ether oxygens (including phenoxy) is 2. The average molecular weight is 502 g/mol. The van der Waals surface area contributed by atoms with Crippen LogP contribution in [0.5, 0.6) is 11.5 Å². The number of aromatic nitrogens is 1. The summed E-state index contributed by atoms with van der Waals surface area (Å²) < 4.78 is 10.7. The first-order valence-corrected chi connectivity index (χ1v) is 12.2. The number of methoxy groups -OCH3 is 2. The quantitative estimate of drug-likeness (QED) is 0.261. The second-order valence-corrected chi connectivity index (χ2v) is 8.61. The minimum absolute atomic E-state index is 0.0121. The van der Waals surface area contributed by atoms with Gasteiger partial charge in [-0.05, 0) is 61.4 Å². The summed E-state index contributed by atoms with van der Waals surface area (Å²) in [5.74, 6) is -0.860. The molecule has 1 aliphatic rings. The average Bonchev–Trinajstić information content (AvgIpc) is 3.18. The predicted molar refractivity (Wildman–Crippen MR) is 142 cm³/mol. The molecule has 1 amide bonds. The van der Waals surface area contributed by atoms with E-state index in [1.807, 2.05) is 24.3 Å². The van der Waals surface area contributed by atoms with E-state index in [0.717, 1.165) is 29.9 Å². The van der Waals surface area contributed by atoms with E-state index in [4.69, 9.17) is 9.47 Å². The number of aliphatic hydroxyl groups is 1. The highest BCUT2D eigenvalue weighted by molar-refractivity contribution is 6.46. The van der Waals surface area contributed by atoms with Gasteiger partial charge in [0.2, 0.25) is 0 Å². The number of nitrogens with zero attached hydrogens (tertiary/aromatic N) is 3. The summed E-state index contributed by atoms with van der Waals surface area (Å²) in [7, 11) is 3.00. The molecule has 1 fully saturated rings. The largest absolute Gasteiger partial charge is 0.507 e. The summed E-state index contributed by atoms with van der Waals surface area (Å²) >= 11 is 0. The number of aliphatic hydroxyl groups excluding tert-OH is 1. The number of rotatable bonds is 9. The number of hydrogen-bond donors (Lipinski definition) is 1. The van der Waals surface area contributed by atoms with E-state index >= 15 is 0 Å². The second kappa shape index (κ2) is 11.2. The molecule has 0 aliphatic carbocycles. The number of anilines is 1. The van der Waals surface area contributed by atoms with Gasteiger partial charge in [-0.15, -0.1) is 0 Å². The molecule has 1 unspecified atom stereocenters. The third-order valence-electron chi connectivity index (χ3n) is 6.64. The zero-order valence-electron chi connectivity index (χ0n) is 21.5. The molecule has 1 aliphatic heterocycles. The summed E-state index contributed by atoms with van der Waals surface area (Å²) in [5, 5.41) is 11.5. The van der Waals surface area contributed by atoms with Crippen LogP contribution in [0.4, 0.5) is 5.69 Å². The van der Waals surface area contributed by atoms with Crippen LogP contribution in [-0.2, 0) is 16.1 Å². The lowest BCUT2D eigenvalue weighted by atomic mass is 9.94. The first-order valence-electron chi connectivity index (χ1n) is 12.2. The Balaban J connectivity index is 1.86. The first-order chi connectivity index (χ1) is 17.9. The van der Waals surface area contributed by atoms with Crippen molar-refractivity contribution in [2.75, 3.05) is 32.2 Å². The lowest BCUT2D eigenvalue weighted by Gasteiger charge is -2.27. The molecule has 1 atom stereocenters. The summed E-state index contributed by atoms with van der Waals surface area (Å²) in [6, 6.07) is 15.5. The van der Waals surface area contributed by atoms with E-state index in [1.54, 1.807) is 42.7 Å². The standard InChI is InChI=1S/C29H31N3O5/c1-5-31(6-2)21-9-7-20(8-10-21)26-25(27(33)23-12-11-22(36-3)17-24(23)37-4)28(34)29(35)32(26)18-19-13-15-30-16-14-19/h7-17,26,33H,5-6,18H2,1-4H3/b27-25-. The summed E-state index contributed by atoms with van der Waals surface area (Å²) in [6.07, 6.45) is 3.28. The van der Waals surface area contributed by atoms with Crippen molar-refractivity contribution in [3.05, 3.63) is 89.3 Å². The maximum atomic E-state index is 13.4. The van der Waals surface area contributed by atoms with Gasteiger partial charge in [-0.1, -0.05) is 12.1 Å². The fourth-order valence-corrected chi connectivity index (χ4v) is 4.67. The molecule has 8 nitrogen and oxygen atoms in total. The number of ketones is 1. The third-order valence-corrected chi connectivity index (χ3v) is 6.64. The number of pyridine rings is 1. The van der Waals surface area contributed by atoms with Crippen LogP contribution in [-0.4, -0.2) is 54.0 Å². The molecule has 1 N–H and O–H groups in total. The number of carbonyl (C=O) groups excluding carboxylic acids is 2. The van der Waals surface area contributed by atoms with Crippen LogP contribution in [0.25, 0.3) is 5.76 Å². The molecule has 0 bridgehead atoms. The zero-order chi connectivity index (χ0) is 26.5. The van der Waals surface area contributed by atoms with Crippen molar-refractivity contribution in [3.8, 4) is 11.5 Å². The number of carbonyl (C=O) groups is 2. The van der Waals surface area contributed by atoms with Crippen molar-refractivity contribution in [1.29, 1.82) is 0 Å². The molecule has 37 heavy (non-hydrogen) atoms. The van der Waals surface area contributed by atoms with Crippen LogP contribution in [0.3, 0.4) is 0 Å². The van der Waals surface area contributed by atoms with E-state index in [0.29, 0.717) is 17.1 Å². The van der Waals surface area contributed by atoms with Crippen molar-refractivity contribution in [2.45, 2.75) is 26.4 Å². The lowest BCUT2D eigenvalue weighted by Crippen LogP contribution is -2.29. The van der Waals surface area contributed by atoms with Gasteiger partial charge in [0.1, 0.15) is 17.3 Å². The molecule has 3 aromatic rings. The van der Waals surface area contributed by atoms with Gasteiger partial charge in [-0.25, -0.2) is 0 Å². The summed E-state index contributed by atoms with van der Waals surface area (Å²) in [4.78, 5) is 34.5. The number of hydrogen-bond acceptors (Lipinski definition) is 7. The van der Waals surface area contributed by atoms with Gasteiger partial charge < -0.3 is 24.4 Å². The normalized spacial score (nSPS) is 16.6. The minimum Gasteiger partial charge on any atom is -0.507 e. The maximum absolute atomic E-state index is 13.4. The fourth-order valence-electron chi connectivity index (χ4n) is 4.67. The van der Waals surface area contributed by atoms with Crippen LogP contribution in [0, 0.1) is 0 Å². The lowest BCUT2D eigenvalue weighted by molar-refractivity contribution is -0.140. The Kier molecular flexibility index (Phi) is 7.77. The number of likely N-dealkylation sites (tertiary alicyclic amines) is 1. The summed E-state index contributed by atoms with van der Waals surface area (Å²) in [5.41, 5.74) is 2.90. The van der Waals surface area contributed by atoms with Crippen LogP contribution in [0.15, 0.2) is 72.6 Å². The van der Waals surface area contributed by atoms with Crippen molar-refractivity contribution in [2.24, 2.45) is 0 Å². The van der Waals surface area contributed by atoms with Gasteiger partial charge in [0.15, 0.2) is 0 Å². The Morgan fingerprint density at radius 1 is 0.973 bits per heavy atom. The molecular weight excluding hydrogens is 470 g/mol. The third kappa shape index (κ3) is 5.00. The van der Waals surface area contributed by atoms with E-state index in [1.165, 1.54) is 19.1 Å². The second-order valence-electron chi connectivity index (χ2n) is 8.61. The van der Waals surface area contributed by atoms with Gasteiger partial charge in [0, 0.05) is 43.8 Å².